The molecule has 1 aromatic heterocycles. The zero-order chi connectivity index (χ0) is 22.2. The molecule has 7 heteroatoms. The third-order valence-electron chi connectivity index (χ3n) is 4.58. The number of hydrogen-bond donors (Lipinski definition) is 0. The number of benzene rings is 2. The molecule has 7 nitrogen and oxygen atoms in total. The molecule has 3 rings (SSSR count). The highest BCUT2D eigenvalue weighted by Crippen LogP contribution is 2.29. The second kappa shape index (κ2) is 10.3. The van der Waals surface area contributed by atoms with Gasteiger partial charge in [0.1, 0.15) is 18.1 Å². The number of aryl methyl sites for hydroxylation is 1. The molecule has 2 aromatic carbocycles. The Hall–Kier alpha value is -3.74. The normalized spacial score (nSPS) is 10.4. The van der Waals surface area contributed by atoms with Crippen LogP contribution in [0.5, 0.6) is 11.5 Å². The predicted octanol–water partition coefficient (Wildman–Crippen LogP) is 3.99. The van der Waals surface area contributed by atoms with Crippen LogP contribution >= 0.6 is 0 Å². The van der Waals surface area contributed by atoms with Crippen molar-refractivity contribution in [3.63, 3.8) is 0 Å². The summed E-state index contributed by atoms with van der Waals surface area (Å²) in [5.41, 5.74) is 1.28. The fourth-order valence-corrected chi connectivity index (χ4v) is 2.86. The molecule has 0 aliphatic heterocycles. The molecule has 0 spiro atoms. The third-order valence-corrected chi connectivity index (χ3v) is 4.58. The minimum atomic E-state index is -0.622. The number of hydrogen-bond acceptors (Lipinski definition) is 6. The molecule has 0 saturated heterocycles. The maximum Gasteiger partial charge on any atom is 0.338 e. The molecular weight excluding hydrogens is 398 g/mol. The van der Waals surface area contributed by atoms with Gasteiger partial charge in [0, 0.05) is 7.05 Å². The molecule has 1 amide bonds. The van der Waals surface area contributed by atoms with Crippen molar-refractivity contribution in [2.24, 2.45) is 0 Å². The van der Waals surface area contributed by atoms with Crippen molar-refractivity contribution in [3.05, 3.63) is 83.3 Å². The molecule has 0 N–H and O–H groups in total. The van der Waals surface area contributed by atoms with Gasteiger partial charge in [-0.3, -0.25) is 4.79 Å². The highest BCUT2D eigenvalue weighted by molar-refractivity contribution is 5.92. The Morgan fingerprint density at radius 3 is 2.45 bits per heavy atom. The SMILES string of the molecule is COc1cc(C(=O)OCC(=O)N(C)Cc2ccc(C)o2)ccc1OCc1ccccc1. The van der Waals surface area contributed by atoms with Gasteiger partial charge in [-0.05, 0) is 42.8 Å². The zero-order valence-electron chi connectivity index (χ0n) is 17.8. The second-order valence-electron chi connectivity index (χ2n) is 6.98. The maximum absolute atomic E-state index is 12.4. The Morgan fingerprint density at radius 2 is 1.77 bits per heavy atom. The Labute approximate surface area is 181 Å². The number of likely N-dealkylation sites (N-methyl/N-ethyl adjacent to an activating group) is 1. The number of furan rings is 1. The molecule has 0 atom stereocenters. The van der Waals surface area contributed by atoms with Gasteiger partial charge >= 0.3 is 5.97 Å². The molecule has 0 saturated carbocycles. The van der Waals surface area contributed by atoms with Crippen LogP contribution in [-0.2, 0) is 22.7 Å². The smallest absolute Gasteiger partial charge is 0.338 e. The first-order valence-corrected chi connectivity index (χ1v) is 9.77. The van der Waals surface area contributed by atoms with Crippen LogP contribution in [0, 0.1) is 6.92 Å². The van der Waals surface area contributed by atoms with Crippen LogP contribution in [0.1, 0.15) is 27.4 Å². The Morgan fingerprint density at radius 1 is 1.00 bits per heavy atom. The standard InChI is InChI=1S/C24H25NO6/c1-17-9-11-20(31-17)14-25(2)23(26)16-30-24(27)19-10-12-21(22(13-19)28-3)29-15-18-7-5-4-6-8-18/h4-13H,14-16H2,1-3H3. The van der Waals surface area contributed by atoms with Crippen molar-refractivity contribution in [2.75, 3.05) is 20.8 Å². The van der Waals surface area contributed by atoms with Gasteiger partial charge in [-0.1, -0.05) is 30.3 Å². The lowest BCUT2D eigenvalue weighted by molar-refractivity contribution is -0.134. The van der Waals surface area contributed by atoms with Crippen molar-refractivity contribution in [1.82, 2.24) is 4.90 Å². The van der Waals surface area contributed by atoms with E-state index in [1.54, 1.807) is 25.2 Å². The number of ether oxygens (including phenoxy) is 3. The predicted molar refractivity (Wildman–Crippen MR) is 114 cm³/mol. The molecular formula is C24H25NO6. The number of rotatable bonds is 9. The van der Waals surface area contributed by atoms with Gasteiger partial charge in [0.05, 0.1) is 19.2 Å². The van der Waals surface area contributed by atoms with Crippen LogP contribution in [0.15, 0.2) is 65.1 Å². The monoisotopic (exact) mass is 423 g/mol. The van der Waals surface area contributed by atoms with E-state index in [9.17, 15) is 9.59 Å². The van der Waals surface area contributed by atoms with Gasteiger partial charge in [-0.25, -0.2) is 4.79 Å². The highest BCUT2D eigenvalue weighted by atomic mass is 16.5. The lowest BCUT2D eigenvalue weighted by Gasteiger charge is -2.16. The highest BCUT2D eigenvalue weighted by Gasteiger charge is 2.17. The summed E-state index contributed by atoms with van der Waals surface area (Å²) < 4.78 is 21.8. The largest absolute Gasteiger partial charge is 0.493 e. The first kappa shape index (κ1) is 22.0. The van der Waals surface area contributed by atoms with Gasteiger partial charge in [0.15, 0.2) is 18.1 Å². The van der Waals surface area contributed by atoms with Gasteiger partial charge in [-0.15, -0.1) is 0 Å². The van der Waals surface area contributed by atoms with Crippen molar-refractivity contribution < 1.29 is 28.2 Å². The third kappa shape index (κ3) is 6.12. The van der Waals surface area contributed by atoms with Crippen molar-refractivity contribution >= 4 is 11.9 Å². The summed E-state index contributed by atoms with van der Waals surface area (Å²) in [6.07, 6.45) is 0. The van der Waals surface area contributed by atoms with Gasteiger partial charge in [0.25, 0.3) is 5.91 Å². The molecule has 0 aliphatic carbocycles. The van der Waals surface area contributed by atoms with Crippen LogP contribution in [-0.4, -0.2) is 37.5 Å². The summed E-state index contributed by atoms with van der Waals surface area (Å²) in [5, 5.41) is 0. The van der Waals surface area contributed by atoms with Crippen molar-refractivity contribution in [2.45, 2.75) is 20.1 Å². The summed E-state index contributed by atoms with van der Waals surface area (Å²) in [5.74, 6) is 1.39. The van der Waals surface area contributed by atoms with Gasteiger partial charge in [0.2, 0.25) is 0 Å². The van der Waals surface area contributed by atoms with Gasteiger partial charge in [-0.2, -0.15) is 0 Å². The van der Waals surface area contributed by atoms with Gasteiger partial charge < -0.3 is 23.5 Å². The summed E-state index contributed by atoms with van der Waals surface area (Å²) in [4.78, 5) is 26.1. The van der Waals surface area contributed by atoms with E-state index in [2.05, 4.69) is 0 Å². The Bertz CT molecular complexity index is 1030. The maximum atomic E-state index is 12.4. The van der Waals surface area contributed by atoms with E-state index in [4.69, 9.17) is 18.6 Å². The zero-order valence-corrected chi connectivity index (χ0v) is 17.8. The van der Waals surface area contributed by atoms with E-state index in [0.29, 0.717) is 30.4 Å². The summed E-state index contributed by atoms with van der Waals surface area (Å²) in [7, 11) is 3.12. The number of methoxy groups -OCH3 is 1. The van der Waals surface area contributed by atoms with E-state index in [0.717, 1.165) is 11.3 Å². The average Bonchev–Trinajstić information content (AvgIpc) is 3.20. The summed E-state index contributed by atoms with van der Waals surface area (Å²) in [6.45, 7) is 2.13. The van der Waals surface area contributed by atoms with E-state index >= 15 is 0 Å². The van der Waals surface area contributed by atoms with E-state index in [1.807, 2.05) is 43.3 Å². The number of carbonyl (C=O) groups excluding carboxylic acids is 2. The van der Waals surface area contributed by atoms with Crippen LogP contribution in [0.25, 0.3) is 0 Å². The second-order valence-corrected chi connectivity index (χ2v) is 6.98. The fraction of sp³-hybridized carbons (Fsp3) is 0.250. The molecule has 0 bridgehead atoms. The topological polar surface area (TPSA) is 78.2 Å². The first-order valence-electron chi connectivity index (χ1n) is 9.77. The summed E-state index contributed by atoms with van der Waals surface area (Å²) in [6, 6.07) is 18.1. The lowest BCUT2D eigenvalue weighted by atomic mass is 10.2. The quantitative estimate of drug-likeness (QED) is 0.484. The molecule has 3 aromatic rings. The molecule has 0 fully saturated rings. The van der Waals surface area contributed by atoms with E-state index in [1.165, 1.54) is 18.1 Å². The molecule has 1 heterocycles. The van der Waals surface area contributed by atoms with Crippen LogP contribution in [0.3, 0.4) is 0 Å². The van der Waals surface area contributed by atoms with Crippen LogP contribution in [0.2, 0.25) is 0 Å². The average molecular weight is 423 g/mol. The summed E-state index contributed by atoms with van der Waals surface area (Å²) >= 11 is 0. The van der Waals surface area contributed by atoms with Crippen molar-refractivity contribution in [1.29, 1.82) is 0 Å². The number of esters is 1. The number of carbonyl (C=O) groups is 2. The minimum absolute atomic E-state index is 0.265. The van der Waals surface area contributed by atoms with E-state index in [-0.39, 0.29) is 18.1 Å². The van der Waals surface area contributed by atoms with Crippen LogP contribution in [0.4, 0.5) is 0 Å². The fourth-order valence-electron chi connectivity index (χ4n) is 2.86. The molecule has 0 aliphatic rings. The number of nitrogens with zero attached hydrogens (tertiary/aromatic N) is 1. The minimum Gasteiger partial charge on any atom is -0.493 e. The Balaban J connectivity index is 1.55. The first-order chi connectivity index (χ1) is 15.0. The molecule has 31 heavy (non-hydrogen) atoms. The van der Waals surface area contributed by atoms with Crippen molar-refractivity contribution in [3.8, 4) is 11.5 Å². The lowest BCUT2D eigenvalue weighted by Crippen LogP contribution is -2.30. The molecule has 162 valence electrons. The molecule has 0 radical (unpaired) electrons. The van der Waals surface area contributed by atoms with Crippen LogP contribution < -0.4 is 9.47 Å². The number of amides is 1. The van der Waals surface area contributed by atoms with E-state index < -0.39 is 5.97 Å². The molecule has 0 unspecified atom stereocenters. The Kier molecular flexibility index (Phi) is 7.32.